The number of nitrogens with one attached hydrogen (secondary N) is 1. The van der Waals surface area contributed by atoms with Crippen molar-refractivity contribution >= 4 is 40.7 Å². The second-order valence-electron chi connectivity index (χ2n) is 5.23. The molecular formula is C16H16Cl2N4O. The summed E-state index contributed by atoms with van der Waals surface area (Å²) in [6.45, 7) is 2.71. The molecule has 0 radical (unpaired) electrons. The summed E-state index contributed by atoms with van der Waals surface area (Å²) in [5.41, 5.74) is 0.735. The van der Waals surface area contributed by atoms with Gasteiger partial charge in [0.25, 0.3) is 0 Å². The number of hydrogen-bond donors (Lipinski definition) is 1. The lowest BCUT2D eigenvalue weighted by Gasteiger charge is -2.35. The summed E-state index contributed by atoms with van der Waals surface area (Å²) in [4.78, 5) is 20.5. The molecule has 0 bridgehead atoms. The minimum Gasteiger partial charge on any atom is -0.353 e. The average Bonchev–Trinajstić information content (AvgIpc) is 2.57. The number of aromatic nitrogens is 1. The molecule has 1 aromatic carbocycles. The van der Waals surface area contributed by atoms with E-state index >= 15 is 0 Å². The molecule has 0 aliphatic carbocycles. The monoisotopic (exact) mass is 350 g/mol. The molecule has 1 aliphatic heterocycles. The molecule has 1 N–H and O–H groups in total. The molecule has 2 heterocycles. The fourth-order valence-corrected chi connectivity index (χ4v) is 2.73. The Morgan fingerprint density at radius 3 is 2.35 bits per heavy atom. The van der Waals surface area contributed by atoms with Crippen molar-refractivity contribution in [3.8, 4) is 0 Å². The molecule has 0 spiro atoms. The summed E-state index contributed by atoms with van der Waals surface area (Å²) >= 11 is 11.8. The number of carbonyl (C=O) groups excluding carboxylic acids is 1. The van der Waals surface area contributed by atoms with Crippen molar-refractivity contribution in [3.05, 3.63) is 52.6 Å². The predicted octanol–water partition coefficient (Wildman–Crippen LogP) is 3.74. The highest BCUT2D eigenvalue weighted by atomic mass is 35.5. The second-order valence-corrected chi connectivity index (χ2v) is 6.05. The van der Waals surface area contributed by atoms with Crippen molar-refractivity contribution in [3.63, 3.8) is 0 Å². The number of nitrogens with zero attached hydrogens (tertiary/aromatic N) is 3. The van der Waals surface area contributed by atoms with Gasteiger partial charge in [0.1, 0.15) is 11.0 Å². The summed E-state index contributed by atoms with van der Waals surface area (Å²) in [7, 11) is 0. The van der Waals surface area contributed by atoms with Crippen LogP contribution in [0.1, 0.15) is 0 Å². The Kier molecular flexibility index (Phi) is 4.88. The van der Waals surface area contributed by atoms with Crippen molar-refractivity contribution < 1.29 is 4.79 Å². The van der Waals surface area contributed by atoms with Crippen LogP contribution in [0.15, 0.2) is 42.5 Å². The molecule has 1 fully saturated rings. The lowest BCUT2D eigenvalue weighted by Crippen LogP contribution is -2.50. The van der Waals surface area contributed by atoms with Crippen LogP contribution in [0, 0.1) is 0 Å². The topological polar surface area (TPSA) is 48.5 Å². The molecule has 0 saturated carbocycles. The first-order chi connectivity index (χ1) is 11.1. The zero-order valence-electron chi connectivity index (χ0n) is 12.4. The van der Waals surface area contributed by atoms with Crippen LogP contribution in [0.25, 0.3) is 0 Å². The van der Waals surface area contributed by atoms with Crippen molar-refractivity contribution in [2.24, 2.45) is 0 Å². The van der Waals surface area contributed by atoms with Crippen LogP contribution >= 0.6 is 23.2 Å². The van der Waals surface area contributed by atoms with Gasteiger partial charge in [0.2, 0.25) is 0 Å². The molecule has 5 nitrogen and oxygen atoms in total. The number of urea groups is 1. The van der Waals surface area contributed by atoms with Gasteiger partial charge >= 0.3 is 6.03 Å². The van der Waals surface area contributed by atoms with E-state index in [1.54, 1.807) is 35.2 Å². The highest BCUT2D eigenvalue weighted by Gasteiger charge is 2.22. The lowest BCUT2D eigenvalue weighted by atomic mass is 10.3. The van der Waals surface area contributed by atoms with E-state index in [1.165, 1.54) is 0 Å². The molecule has 2 aromatic rings. The Morgan fingerprint density at radius 1 is 1.00 bits per heavy atom. The molecule has 23 heavy (non-hydrogen) atoms. The highest BCUT2D eigenvalue weighted by molar-refractivity contribution is 6.30. The van der Waals surface area contributed by atoms with Gasteiger partial charge in [-0.15, -0.1) is 0 Å². The molecule has 7 heteroatoms. The van der Waals surface area contributed by atoms with Crippen LogP contribution in [0.5, 0.6) is 0 Å². The van der Waals surface area contributed by atoms with Crippen LogP contribution < -0.4 is 10.2 Å². The standard InChI is InChI=1S/C16H16Cl2N4O/c17-12-4-6-13(7-5-12)19-16(23)22-10-8-21(9-11-22)15-3-1-2-14(18)20-15/h1-7H,8-11H2,(H,19,23). The minimum absolute atomic E-state index is 0.106. The maximum absolute atomic E-state index is 12.3. The van der Waals surface area contributed by atoms with E-state index in [4.69, 9.17) is 23.2 Å². The molecule has 1 aromatic heterocycles. The lowest BCUT2D eigenvalue weighted by molar-refractivity contribution is 0.208. The third-order valence-electron chi connectivity index (χ3n) is 3.69. The predicted molar refractivity (Wildman–Crippen MR) is 93.5 cm³/mol. The third kappa shape index (κ3) is 4.06. The van der Waals surface area contributed by atoms with E-state index in [0.29, 0.717) is 23.3 Å². The number of amides is 2. The Bertz CT molecular complexity index is 685. The summed E-state index contributed by atoms with van der Waals surface area (Å²) in [5.74, 6) is 0.843. The number of pyridine rings is 1. The fraction of sp³-hybridized carbons (Fsp3) is 0.250. The van der Waals surface area contributed by atoms with Gasteiger partial charge in [-0.2, -0.15) is 0 Å². The Balaban J connectivity index is 1.56. The summed E-state index contributed by atoms with van der Waals surface area (Å²) in [6.07, 6.45) is 0. The Morgan fingerprint density at radius 2 is 1.70 bits per heavy atom. The molecular weight excluding hydrogens is 335 g/mol. The molecule has 1 saturated heterocycles. The van der Waals surface area contributed by atoms with Crippen LogP contribution in [-0.2, 0) is 0 Å². The van der Waals surface area contributed by atoms with E-state index in [9.17, 15) is 4.79 Å². The van der Waals surface area contributed by atoms with Crippen molar-refractivity contribution in [1.82, 2.24) is 9.88 Å². The van der Waals surface area contributed by atoms with Crippen LogP contribution in [-0.4, -0.2) is 42.1 Å². The van der Waals surface area contributed by atoms with Crippen LogP contribution in [0.4, 0.5) is 16.3 Å². The van der Waals surface area contributed by atoms with E-state index in [-0.39, 0.29) is 6.03 Å². The number of anilines is 2. The minimum atomic E-state index is -0.106. The number of piperazine rings is 1. The smallest absolute Gasteiger partial charge is 0.321 e. The quantitative estimate of drug-likeness (QED) is 0.839. The first-order valence-electron chi connectivity index (χ1n) is 7.31. The van der Waals surface area contributed by atoms with Gasteiger partial charge in [0, 0.05) is 36.9 Å². The van der Waals surface area contributed by atoms with Crippen molar-refractivity contribution in [2.45, 2.75) is 0 Å². The number of rotatable bonds is 2. The molecule has 1 aliphatic rings. The van der Waals surface area contributed by atoms with E-state index in [0.717, 1.165) is 24.6 Å². The van der Waals surface area contributed by atoms with Crippen molar-refractivity contribution in [2.75, 3.05) is 36.4 Å². The van der Waals surface area contributed by atoms with Crippen LogP contribution in [0.3, 0.4) is 0 Å². The maximum atomic E-state index is 12.3. The largest absolute Gasteiger partial charge is 0.353 e. The zero-order chi connectivity index (χ0) is 16.2. The highest BCUT2D eigenvalue weighted by Crippen LogP contribution is 2.18. The summed E-state index contributed by atoms with van der Waals surface area (Å²) in [5, 5.41) is 4.00. The molecule has 3 rings (SSSR count). The number of benzene rings is 1. The molecule has 2 amide bonds. The molecule has 120 valence electrons. The number of hydrogen-bond acceptors (Lipinski definition) is 3. The van der Waals surface area contributed by atoms with Gasteiger partial charge in [-0.05, 0) is 36.4 Å². The normalized spacial score (nSPS) is 14.7. The van der Waals surface area contributed by atoms with Gasteiger partial charge < -0.3 is 15.1 Å². The number of halogens is 2. The van der Waals surface area contributed by atoms with Gasteiger partial charge in [0.05, 0.1) is 0 Å². The third-order valence-corrected chi connectivity index (χ3v) is 4.15. The second kappa shape index (κ2) is 7.06. The van der Waals surface area contributed by atoms with E-state index in [1.807, 2.05) is 12.1 Å². The first kappa shape index (κ1) is 15.9. The summed E-state index contributed by atoms with van der Waals surface area (Å²) in [6, 6.07) is 12.5. The Labute approximate surface area is 144 Å². The van der Waals surface area contributed by atoms with Gasteiger partial charge in [0.15, 0.2) is 0 Å². The van der Waals surface area contributed by atoms with Gasteiger partial charge in [-0.1, -0.05) is 29.3 Å². The van der Waals surface area contributed by atoms with Gasteiger partial charge in [-0.3, -0.25) is 0 Å². The summed E-state index contributed by atoms with van der Waals surface area (Å²) < 4.78 is 0. The van der Waals surface area contributed by atoms with Gasteiger partial charge in [-0.25, -0.2) is 9.78 Å². The molecule has 0 unspecified atom stereocenters. The van der Waals surface area contributed by atoms with Crippen molar-refractivity contribution in [1.29, 1.82) is 0 Å². The van der Waals surface area contributed by atoms with E-state index in [2.05, 4.69) is 15.2 Å². The SMILES string of the molecule is O=C(Nc1ccc(Cl)cc1)N1CCN(c2cccc(Cl)n2)CC1. The maximum Gasteiger partial charge on any atom is 0.321 e. The van der Waals surface area contributed by atoms with Crippen LogP contribution in [0.2, 0.25) is 10.2 Å². The van der Waals surface area contributed by atoms with E-state index < -0.39 is 0 Å². The Hall–Kier alpha value is -1.98. The first-order valence-corrected chi connectivity index (χ1v) is 8.06. The fourth-order valence-electron chi connectivity index (χ4n) is 2.45. The molecule has 0 atom stereocenters. The zero-order valence-corrected chi connectivity index (χ0v) is 13.9. The average molecular weight is 351 g/mol. The number of carbonyl (C=O) groups is 1.